The minimum Gasteiger partial charge on any atom is -0.490 e. The van der Waals surface area contributed by atoms with Gasteiger partial charge >= 0.3 is 5.97 Å². The van der Waals surface area contributed by atoms with Gasteiger partial charge in [-0.25, -0.2) is 13.2 Å². The van der Waals surface area contributed by atoms with Crippen LogP contribution in [-0.4, -0.2) is 64.3 Å². The van der Waals surface area contributed by atoms with Crippen LogP contribution in [0, 0.1) is 0 Å². The molecule has 2 aromatic rings. The van der Waals surface area contributed by atoms with Gasteiger partial charge in [0, 0.05) is 19.6 Å². The van der Waals surface area contributed by atoms with Gasteiger partial charge in [0.05, 0.1) is 30.2 Å². The zero-order valence-corrected chi connectivity index (χ0v) is 20.2. The Hall–Kier alpha value is -2.62. The lowest BCUT2D eigenvalue weighted by Crippen LogP contribution is -2.38. The van der Waals surface area contributed by atoms with Crippen molar-refractivity contribution in [3.05, 3.63) is 59.7 Å². The summed E-state index contributed by atoms with van der Waals surface area (Å²) in [6.45, 7) is 9.43. The molecule has 1 aliphatic heterocycles. The Balaban J connectivity index is 1.77. The van der Waals surface area contributed by atoms with E-state index in [4.69, 9.17) is 14.2 Å². The number of benzene rings is 2. The van der Waals surface area contributed by atoms with Crippen molar-refractivity contribution in [2.75, 3.05) is 44.2 Å². The summed E-state index contributed by atoms with van der Waals surface area (Å²) < 4.78 is 45.0. The third-order valence-corrected chi connectivity index (χ3v) is 6.09. The Morgan fingerprint density at radius 3 is 2.45 bits per heavy atom. The molecule has 0 unspecified atom stereocenters. The van der Waals surface area contributed by atoms with Gasteiger partial charge in [-0.15, -0.1) is 0 Å². The summed E-state index contributed by atoms with van der Waals surface area (Å²) in [5, 5.41) is 0. The first kappa shape index (κ1) is 25.0. The maximum Gasteiger partial charge on any atom is 0.338 e. The van der Waals surface area contributed by atoms with Crippen LogP contribution in [0.15, 0.2) is 48.5 Å². The molecule has 1 aliphatic rings. The van der Waals surface area contributed by atoms with Crippen LogP contribution in [0.25, 0.3) is 0 Å². The van der Waals surface area contributed by atoms with Gasteiger partial charge in [0.15, 0.2) is 0 Å². The molecule has 180 valence electrons. The van der Waals surface area contributed by atoms with Gasteiger partial charge in [-0.1, -0.05) is 30.3 Å². The molecular formula is C24H32N2O6S. The molecule has 33 heavy (non-hydrogen) atoms. The third kappa shape index (κ3) is 8.34. The molecule has 1 saturated heterocycles. The second-order valence-corrected chi connectivity index (χ2v) is 10.6. The number of sulfonamides is 1. The number of ether oxygens (including phenoxy) is 3. The molecule has 0 bridgehead atoms. The summed E-state index contributed by atoms with van der Waals surface area (Å²) in [6, 6.07) is 13.5. The molecule has 2 aromatic carbocycles. The average molecular weight is 477 g/mol. The highest BCUT2D eigenvalue weighted by molar-refractivity contribution is 7.91. The molecule has 3 rings (SSSR count). The topological polar surface area (TPSA) is 94.2 Å². The fourth-order valence-corrected chi connectivity index (χ4v) is 4.50. The summed E-state index contributed by atoms with van der Waals surface area (Å²) in [4.78, 5) is 14.8. The van der Waals surface area contributed by atoms with Crippen molar-refractivity contribution in [2.24, 2.45) is 0 Å². The number of nitrogens with one attached hydrogen (secondary N) is 1. The van der Waals surface area contributed by atoms with Gasteiger partial charge in [-0.05, 0) is 44.5 Å². The predicted molar refractivity (Wildman–Crippen MR) is 127 cm³/mol. The summed E-state index contributed by atoms with van der Waals surface area (Å²) >= 11 is 0. The number of hydrogen-bond acceptors (Lipinski definition) is 7. The minimum atomic E-state index is -3.74. The minimum absolute atomic E-state index is 0.197. The van der Waals surface area contributed by atoms with Crippen molar-refractivity contribution in [3.8, 4) is 5.75 Å². The number of anilines is 1. The molecule has 1 N–H and O–H groups in total. The van der Waals surface area contributed by atoms with Crippen molar-refractivity contribution >= 4 is 21.7 Å². The molecule has 1 heterocycles. The summed E-state index contributed by atoms with van der Waals surface area (Å²) in [6.07, 6.45) is 0. The quantitative estimate of drug-likeness (QED) is 0.555. The van der Waals surface area contributed by atoms with E-state index in [0.29, 0.717) is 37.7 Å². The van der Waals surface area contributed by atoms with Crippen LogP contribution in [0.1, 0.15) is 36.7 Å². The maximum atomic E-state index is 12.8. The monoisotopic (exact) mass is 476 g/mol. The van der Waals surface area contributed by atoms with Gasteiger partial charge in [-0.3, -0.25) is 9.62 Å². The average Bonchev–Trinajstić information content (AvgIpc) is 2.74. The second kappa shape index (κ2) is 11.0. The van der Waals surface area contributed by atoms with Gasteiger partial charge in [0.25, 0.3) is 0 Å². The molecule has 8 nitrogen and oxygen atoms in total. The number of morpholine rings is 1. The Labute approximate surface area is 195 Å². The molecule has 0 radical (unpaired) electrons. The molecular weight excluding hydrogens is 444 g/mol. The van der Waals surface area contributed by atoms with Crippen LogP contribution in [0.5, 0.6) is 5.75 Å². The van der Waals surface area contributed by atoms with Crippen LogP contribution < -0.4 is 9.46 Å². The summed E-state index contributed by atoms with van der Waals surface area (Å²) in [5.41, 5.74) is 0.430. The normalized spacial score (nSPS) is 15.1. The number of rotatable bonds is 9. The van der Waals surface area contributed by atoms with Crippen molar-refractivity contribution in [1.82, 2.24) is 4.90 Å². The van der Waals surface area contributed by atoms with Crippen molar-refractivity contribution in [3.63, 3.8) is 0 Å². The Bertz CT molecular complexity index is 1030. The molecule has 0 aliphatic carbocycles. The molecule has 0 spiro atoms. The number of nitrogens with zero attached hydrogens (tertiary/aromatic N) is 1. The van der Waals surface area contributed by atoms with Crippen molar-refractivity contribution < 1.29 is 27.4 Å². The van der Waals surface area contributed by atoms with E-state index in [-0.39, 0.29) is 17.0 Å². The van der Waals surface area contributed by atoms with Crippen LogP contribution in [0.3, 0.4) is 0 Å². The fraction of sp³-hybridized carbons (Fsp3) is 0.458. The van der Waals surface area contributed by atoms with E-state index < -0.39 is 21.6 Å². The Morgan fingerprint density at radius 1 is 1.09 bits per heavy atom. The van der Waals surface area contributed by atoms with E-state index in [0.717, 1.165) is 13.1 Å². The van der Waals surface area contributed by atoms with E-state index in [2.05, 4.69) is 9.62 Å². The van der Waals surface area contributed by atoms with Gasteiger partial charge in [-0.2, -0.15) is 0 Å². The van der Waals surface area contributed by atoms with E-state index in [1.807, 2.05) is 6.07 Å². The first-order chi connectivity index (χ1) is 15.6. The highest BCUT2D eigenvalue weighted by atomic mass is 32.2. The third-order valence-electron chi connectivity index (χ3n) is 4.85. The van der Waals surface area contributed by atoms with Crippen molar-refractivity contribution in [2.45, 2.75) is 32.1 Å². The van der Waals surface area contributed by atoms with Gasteiger partial charge in [0.1, 0.15) is 18.0 Å². The van der Waals surface area contributed by atoms with E-state index in [1.165, 1.54) is 6.07 Å². The first-order valence-corrected chi connectivity index (χ1v) is 12.6. The molecule has 0 amide bonds. The van der Waals surface area contributed by atoms with Gasteiger partial charge < -0.3 is 14.2 Å². The summed E-state index contributed by atoms with van der Waals surface area (Å²) in [5.74, 6) is -0.379. The van der Waals surface area contributed by atoms with Crippen LogP contribution >= 0.6 is 0 Å². The molecule has 9 heteroatoms. The highest BCUT2D eigenvalue weighted by Gasteiger charge is 2.21. The zero-order chi connectivity index (χ0) is 23.9. The highest BCUT2D eigenvalue weighted by Crippen LogP contribution is 2.28. The fourth-order valence-electron chi connectivity index (χ4n) is 3.31. The summed E-state index contributed by atoms with van der Waals surface area (Å²) in [7, 11) is -3.74. The van der Waals surface area contributed by atoms with E-state index in [1.54, 1.807) is 57.2 Å². The van der Waals surface area contributed by atoms with E-state index >= 15 is 0 Å². The molecule has 1 fully saturated rings. The Kier molecular flexibility index (Phi) is 8.34. The predicted octanol–water partition coefficient (Wildman–Crippen LogP) is 3.29. The van der Waals surface area contributed by atoms with Gasteiger partial charge in [0.2, 0.25) is 10.0 Å². The maximum absolute atomic E-state index is 12.8. The number of carbonyl (C=O) groups is 1. The van der Waals surface area contributed by atoms with Crippen LogP contribution in [0.2, 0.25) is 0 Å². The number of carbonyl (C=O) groups excluding carboxylic acids is 1. The second-order valence-electron chi connectivity index (χ2n) is 8.86. The lowest BCUT2D eigenvalue weighted by molar-refractivity contribution is 0.00695. The van der Waals surface area contributed by atoms with E-state index in [9.17, 15) is 13.2 Å². The Morgan fingerprint density at radius 2 is 1.79 bits per heavy atom. The standard InChI is InChI=1S/C24H32N2O6S/c1-24(2,3)32-23(27)20-9-10-22(31-16-13-26-11-14-30-15-12-26)21(17-20)25-33(28,29)18-19-7-5-4-6-8-19/h4-10,17,25H,11-16,18H2,1-3H3. The smallest absolute Gasteiger partial charge is 0.338 e. The lowest BCUT2D eigenvalue weighted by Gasteiger charge is -2.26. The molecule has 0 atom stereocenters. The molecule has 0 aromatic heterocycles. The zero-order valence-electron chi connectivity index (χ0n) is 19.4. The largest absolute Gasteiger partial charge is 0.490 e. The lowest BCUT2D eigenvalue weighted by atomic mass is 10.1. The molecule has 0 saturated carbocycles. The first-order valence-electron chi connectivity index (χ1n) is 11.0. The van der Waals surface area contributed by atoms with Crippen molar-refractivity contribution in [1.29, 1.82) is 0 Å². The van der Waals surface area contributed by atoms with Crippen LogP contribution in [0.4, 0.5) is 5.69 Å². The number of esters is 1. The number of hydrogen-bond donors (Lipinski definition) is 1. The SMILES string of the molecule is CC(C)(C)OC(=O)c1ccc(OCCN2CCOCC2)c(NS(=O)(=O)Cc2ccccc2)c1. The van der Waals surface area contributed by atoms with Crippen LogP contribution in [-0.2, 0) is 25.2 Å².